The third kappa shape index (κ3) is 3.22. The van der Waals surface area contributed by atoms with Gasteiger partial charge in [0.25, 0.3) is 0 Å². The number of rotatable bonds is 4. The minimum Gasteiger partial charge on any atom is -0.391 e. The molecule has 0 aromatic heterocycles. The Balaban J connectivity index is 2.09. The summed E-state index contributed by atoms with van der Waals surface area (Å²) in [6.07, 6.45) is 7.19. The summed E-state index contributed by atoms with van der Waals surface area (Å²) >= 11 is 0. The van der Waals surface area contributed by atoms with Gasteiger partial charge in [-0.3, -0.25) is 4.90 Å². The molecule has 118 valence electrons. The minimum absolute atomic E-state index is 0.0988. The van der Waals surface area contributed by atoms with Crippen LogP contribution in [0.4, 0.5) is 0 Å². The zero-order chi connectivity index (χ0) is 14.9. The molecule has 20 heavy (non-hydrogen) atoms. The Bertz CT molecular complexity index is 313. The van der Waals surface area contributed by atoms with E-state index in [0.29, 0.717) is 23.4 Å². The third-order valence-electron chi connectivity index (χ3n) is 6.34. The first kappa shape index (κ1) is 16.3. The highest BCUT2D eigenvalue weighted by Crippen LogP contribution is 2.43. The summed E-state index contributed by atoms with van der Waals surface area (Å²) in [6.45, 7) is 13.0. The molecule has 0 spiro atoms. The van der Waals surface area contributed by atoms with Crippen LogP contribution in [0.2, 0.25) is 0 Å². The maximum Gasteiger partial charge on any atom is 0.0695 e. The highest BCUT2D eigenvalue weighted by atomic mass is 16.3. The van der Waals surface area contributed by atoms with Gasteiger partial charge >= 0.3 is 0 Å². The Hall–Kier alpha value is -0.0800. The number of hydrogen-bond acceptors (Lipinski definition) is 2. The first-order valence-electron chi connectivity index (χ1n) is 8.80. The van der Waals surface area contributed by atoms with Gasteiger partial charge in [0.1, 0.15) is 0 Å². The molecule has 0 aromatic rings. The fraction of sp³-hybridized carbons (Fsp3) is 1.00. The van der Waals surface area contributed by atoms with Crippen LogP contribution in [0.15, 0.2) is 0 Å². The van der Waals surface area contributed by atoms with E-state index in [1.165, 1.54) is 38.6 Å². The second kappa shape index (κ2) is 6.36. The van der Waals surface area contributed by atoms with Gasteiger partial charge in [0.05, 0.1) is 6.10 Å². The fourth-order valence-corrected chi connectivity index (χ4v) is 4.43. The average Bonchev–Trinajstić information content (AvgIpc) is 2.88. The summed E-state index contributed by atoms with van der Waals surface area (Å²) in [5.74, 6) is 1.48. The zero-order valence-electron chi connectivity index (χ0n) is 14.2. The predicted molar refractivity (Wildman–Crippen MR) is 85.8 cm³/mol. The van der Waals surface area contributed by atoms with Crippen molar-refractivity contribution in [3.05, 3.63) is 0 Å². The largest absolute Gasteiger partial charge is 0.391 e. The molecule has 2 aliphatic rings. The summed E-state index contributed by atoms with van der Waals surface area (Å²) < 4.78 is 0. The van der Waals surface area contributed by atoms with Crippen molar-refractivity contribution in [1.29, 1.82) is 0 Å². The van der Waals surface area contributed by atoms with E-state index in [1.54, 1.807) is 0 Å². The second-order valence-corrected chi connectivity index (χ2v) is 8.18. The van der Waals surface area contributed by atoms with Crippen molar-refractivity contribution in [3.8, 4) is 0 Å². The number of likely N-dealkylation sites (tertiary alicyclic amines) is 1. The summed E-state index contributed by atoms with van der Waals surface area (Å²) in [5, 5.41) is 10.5. The Morgan fingerprint density at radius 2 is 1.90 bits per heavy atom. The van der Waals surface area contributed by atoms with Crippen LogP contribution >= 0.6 is 0 Å². The summed E-state index contributed by atoms with van der Waals surface area (Å²) in [7, 11) is 0. The Kier molecular flexibility index (Phi) is 5.18. The van der Waals surface area contributed by atoms with Gasteiger partial charge in [-0.2, -0.15) is 0 Å². The molecule has 2 fully saturated rings. The van der Waals surface area contributed by atoms with Gasteiger partial charge in [0, 0.05) is 12.1 Å². The average molecular weight is 281 g/mol. The quantitative estimate of drug-likeness (QED) is 0.839. The summed E-state index contributed by atoms with van der Waals surface area (Å²) in [6, 6.07) is 1.10. The van der Waals surface area contributed by atoms with Crippen molar-refractivity contribution in [2.75, 3.05) is 6.54 Å². The van der Waals surface area contributed by atoms with Gasteiger partial charge in [-0.15, -0.1) is 0 Å². The maximum absolute atomic E-state index is 10.5. The van der Waals surface area contributed by atoms with Crippen LogP contribution in [0.1, 0.15) is 73.1 Å². The van der Waals surface area contributed by atoms with E-state index in [2.05, 4.69) is 39.5 Å². The first-order valence-corrected chi connectivity index (χ1v) is 8.80. The molecule has 4 atom stereocenters. The Labute approximate surface area is 125 Å². The van der Waals surface area contributed by atoms with E-state index in [4.69, 9.17) is 0 Å². The molecule has 4 unspecified atom stereocenters. The molecule has 1 aliphatic heterocycles. The van der Waals surface area contributed by atoms with Crippen molar-refractivity contribution in [2.24, 2.45) is 17.3 Å². The van der Waals surface area contributed by atoms with Crippen LogP contribution in [0, 0.1) is 17.3 Å². The molecule has 0 radical (unpaired) electrons. The molecular formula is C18H35NO. The van der Waals surface area contributed by atoms with Crippen molar-refractivity contribution in [1.82, 2.24) is 4.90 Å². The number of hydrogen-bond donors (Lipinski definition) is 1. The molecular weight excluding hydrogens is 246 g/mol. The lowest BCUT2D eigenvalue weighted by molar-refractivity contribution is -0.0312. The molecule has 2 heteroatoms. The van der Waals surface area contributed by atoms with E-state index in [-0.39, 0.29) is 6.10 Å². The van der Waals surface area contributed by atoms with Crippen LogP contribution < -0.4 is 0 Å². The van der Waals surface area contributed by atoms with Gasteiger partial charge in [-0.05, 0) is 55.9 Å². The molecule has 0 amide bonds. The van der Waals surface area contributed by atoms with Gasteiger partial charge in [0.15, 0.2) is 0 Å². The number of aliphatic hydroxyl groups excluding tert-OH is 1. The Morgan fingerprint density at radius 3 is 2.50 bits per heavy atom. The topological polar surface area (TPSA) is 23.5 Å². The highest BCUT2D eigenvalue weighted by Gasteiger charge is 2.42. The molecule has 2 rings (SSSR count). The first-order chi connectivity index (χ1) is 9.36. The fourth-order valence-electron chi connectivity index (χ4n) is 4.43. The molecule has 1 saturated carbocycles. The van der Waals surface area contributed by atoms with Gasteiger partial charge in [-0.25, -0.2) is 0 Å². The van der Waals surface area contributed by atoms with Crippen molar-refractivity contribution in [2.45, 2.75) is 91.3 Å². The Morgan fingerprint density at radius 1 is 1.20 bits per heavy atom. The summed E-state index contributed by atoms with van der Waals surface area (Å²) in [5.41, 5.74) is 0.422. The third-order valence-corrected chi connectivity index (χ3v) is 6.34. The lowest BCUT2D eigenvalue weighted by Gasteiger charge is -2.46. The lowest BCUT2D eigenvalue weighted by atomic mass is 9.67. The van der Waals surface area contributed by atoms with Gasteiger partial charge in [0.2, 0.25) is 0 Å². The molecule has 1 saturated heterocycles. The van der Waals surface area contributed by atoms with E-state index in [1.807, 2.05) is 0 Å². The van der Waals surface area contributed by atoms with Crippen LogP contribution in [0.5, 0.6) is 0 Å². The van der Waals surface area contributed by atoms with Crippen LogP contribution in [-0.2, 0) is 0 Å². The van der Waals surface area contributed by atoms with Crippen molar-refractivity contribution >= 4 is 0 Å². The smallest absolute Gasteiger partial charge is 0.0695 e. The highest BCUT2D eigenvalue weighted by molar-refractivity contribution is 4.96. The van der Waals surface area contributed by atoms with E-state index < -0.39 is 0 Å². The zero-order valence-corrected chi connectivity index (χ0v) is 14.2. The lowest BCUT2D eigenvalue weighted by Crippen LogP contribution is -2.52. The molecule has 1 heterocycles. The number of aliphatic hydroxyl groups is 1. The van der Waals surface area contributed by atoms with Crippen LogP contribution in [0.25, 0.3) is 0 Å². The van der Waals surface area contributed by atoms with Gasteiger partial charge in [-0.1, -0.05) is 41.0 Å². The van der Waals surface area contributed by atoms with Crippen molar-refractivity contribution < 1.29 is 5.11 Å². The van der Waals surface area contributed by atoms with E-state index in [9.17, 15) is 5.11 Å². The van der Waals surface area contributed by atoms with E-state index in [0.717, 1.165) is 12.3 Å². The van der Waals surface area contributed by atoms with Crippen LogP contribution in [-0.4, -0.2) is 34.7 Å². The molecule has 0 aromatic carbocycles. The molecule has 1 aliphatic carbocycles. The standard InChI is InChI=1S/C18H35NO/c1-6-18(4,5)14-9-10-17(20)16(12-14)19-11-7-8-15(19)13(2)3/h13-17,20H,6-12H2,1-5H3. The second-order valence-electron chi connectivity index (χ2n) is 8.18. The van der Waals surface area contributed by atoms with Gasteiger partial charge < -0.3 is 5.11 Å². The van der Waals surface area contributed by atoms with Crippen LogP contribution in [0.3, 0.4) is 0 Å². The van der Waals surface area contributed by atoms with Crippen molar-refractivity contribution in [3.63, 3.8) is 0 Å². The van der Waals surface area contributed by atoms with E-state index >= 15 is 0 Å². The number of nitrogens with zero attached hydrogens (tertiary/aromatic N) is 1. The summed E-state index contributed by atoms with van der Waals surface area (Å²) in [4.78, 5) is 2.66. The molecule has 0 bridgehead atoms. The molecule has 1 N–H and O–H groups in total. The SMILES string of the molecule is CCC(C)(C)C1CCC(O)C(N2CCCC2C(C)C)C1. The minimum atomic E-state index is -0.0988. The monoisotopic (exact) mass is 281 g/mol. The normalized spacial score (nSPS) is 36.8. The predicted octanol–water partition coefficient (Wildman–Crippen LogP) is 4.07. The molecule has 2 nitrogen and oxygen atoms in total. The maximum atomic E-state index is 10.5.